The minimum Gasteiger partial charge on any atom is -0.489 e. The molecule has 0 aliphatic carbocycles. The van der Waals surface area contributed by atoms with Gasteiger partial charge in [0.25, 0.3) is 5.91 Å². The standard InChI is InChI=1S/C33H37N5O6/c1-42-20-24-16-36(18-25-12-21-2-3-26(13-22(21)15-34-25)37-8-10-43-11-9-37)19-30(24)44-27-4-5-28-23(14-27)17-38(33(28)41)29-6-7-31(39)35-32(29)40/h2-5,12-15,24,29-30H,6-11,16-20H2,1H3,(H,35,39,40)/t24-,29-,30+/m0/s1. The Morgan fingerprint density at radius 3 is 2.70 bits per heavy atom. The van der Waals surface area contributed by atoms with Crippen molar-refractivity contribution in [3.63, 3.8) is 0 Å². The first kappa shape index (κ1) is 28.7. The second-order valence-electron chi connectivity index (χ2n) is 12.1. The molecule has 2 aromatic carbocycles. The Hall–Kier alpha value is -4.06. The van der Waals surface area contributed by atoms with E-state index in [0.717, 1.165) is 56.0 Å². The van der Waals surface area contributed by atoms with Gasteiger partial charge in [0.2, 0.25) is 11.8 Å². The SMILES string of the molecule is COC[C@@H]1CN(Cc2cc3ccc(N4CCOCC4)cc3cn2)C[C@H]1Oc1ccc2c(c1)CN([C@H]1CCC(=O)NC1=O)C2=O. The Morgan fingerprint density at radius 1 is 1.02 bits per heavy atom. The topological polar surface area (TPSA) is 114 Å². The number of pyridine rings is 1. The van der Waals surface area contributed by atoms with Crippen LogP contribution in [-0.4, -0.2) is 97.8 Å². The van der Waals surface area contributed by atoms with Crippen LogP contribution in [0.15, 0.2) is 48.7 Å². The number of methoxy groups -OCH3 is 1. The summed E-state index contributed by atoms with van der Waals surface area (Å²) in [6.45, 7) is 6.47. The van der Waals surface area contributed by atoms with Crippen molar-refractivity contribution in [3.8, 4) is 5.75 Å². The van der Waals surface area contributed by atoms with Gasteiger partial charge in [0, 0.05) is 81.6 Å². The number of carbonyl (C=O) groups excluding carboxylic acids is 3. The number of fused-ring (bicyclic) bond motifs is 2. The minimum atomic E-state index is -0.637. The fourth-order valence-electron chi connectivity index (χ4n) is 6.87. The summed E-state index contributed by atoms with van der Waals surface area (Å²) in [4.78, 5) is 48.1. The summed E-state index contributed by atoms with van der Waals surface area (Å²) in [6.07, 6.45) is 2.45. The van der Waals surface area contributed by atoms with Crippen LogP contribution in [0.1, 0.15) is 34.5 Å². The molecule has 0 spiro atoms. The Labute approximate surface area is 256 Å². The molecule has 3 fully saturated rings. The van der Waals surface area contributed by atoms with E-state index in [1.165, 1.54) is 11.1 Å². The largest absolute Gasteiger partial charge is 0.489 e. The number of aromatic nitrogens is 1. The monoisotopic (exact) mass is 599 g/mol. The Kier molecular flexibility index (Phi) is 7.92. The number of anilines is 1. The number of imide groups is 1. The van der Waals surface area contributed by atoms with Crippen LogP contribution in [-0.2, 0) is 32.2 Å². The number of nitrogens with zero attached hydrogens (tertiary/aromatic N) is 4. The lowest BCUT2D eigenvalue weighted by atomic mass is 10.0. The summed E-state index contributed by atoms with van der Waals surface area (Å²) in [6, 6.07) is 13.6. The highest BCUT2D eigenvalue weighted by Crippen LogP contribution is 2.32. The van der Waals surface area contributed by atoms with Crippen molar-refractivity contribution < 1.29 is 28.6 Å². The minimum absolute atomic E-state index is 0.0899. The van der Waals surface area contributed by atoms with E-state index in [4.69, 9.17) is 19.2 Å². The molecular weight excluding hydrogens is 562 g/mol. The van der Waals surface area contributed by atoms with Crippen molar-refractivity contribution in [2.24, 2.45) is 5.92 Å². The molecule has 0 radical (unpaired) electrons. The molecule has 11 nitrogen and oxygen atoms in total. The number of nitrogens with one attached hydrogen (secondary N) is 1. The maximum Gasteiger partial charge on any atom is 0.255 e. The molecule has 11 heteroatoms. The molecule has 0 bridgehead atoms. The molecule has 1 aromatic heterocycles. The lowest BCUT2D eigenvalue weighted by molar-refractivity contribution is -0.136. The Balaban J connectivity index is 1.01. The first-order valence-corrected chi connectivity index (χ1v) is 15.3. The highest BCUT2D eigenvalue weighted by Gasteiger charge is 2.40. The van der Waals surface area contributed by atoms with Gasteiger partial charge in [-0.3, -0.25) is 29.6 Å². The number of likely N-dealkylation sites (tertiary alicyclic amines) is 1. The van der Waals surface area contributed by atoms with Crippen LogP contribution < -0.4 is 15.0 Å². The van der Waals surface area contributed by atoms with Crippen molar-refractivity contribution in [1.29, 1.82) is 0 Å². The van der Waals surface area contributed by atoms with Gasteiger partial charge in [-0.05, 0) is 53.8 Å². The Bertz CT molecular complexity index is 1590. The summed E-state index contributed by atoms with van der Waals surface area (Å²) in [7, 11) is 1.71. The van der Waals surface area contributed by atoms with E-state index in [-0.39, 0.29) is 30.3 Å². The van der Waals surface area contributed by atoms with Crippen molar-refractivity contribution in [1.82, 2.24) is 20.1 Å². The van der Waals surface area contributed by atoms with Crippen LogP contribution in [0.3, 0.4) is 0 Å². The lowest BCUT2D eigenvalue weighted by Crippen LogP contribution is -2.52. The number of carbonyl (C=O) groups is 3. The summed E-state index contributed by atoms with van der Waals surface area (Å²) in [5.74, 6) is -0.0331. The molecular formula is C33H37N5O6. The van der Waals surface area contributed by atoms with E-state index in [2.05, 4.69) is 39.4 Å². The molecule has 4 aliphatic heterocycles. The smallest absolute Gasteiger partial charge is 0.255 e. The summed E-state index contributed by atoms with van der Waals surface area (Å²) >= 11 is 0. The number of amides is 3. The van der Waals surface area contributed by atoms with Gasteiger partial charge in [-0.25, -0.2) is 0 Å². The van der Waals surface area contributed by atoms with E-state index in [0.29, 0.717) is 37.4 Å². The molecule has 3 amide bonds. The molecule has 3 aromatic rings. The number of morpholine rings is 1. The second kappa shape index (κ2) is 12.1. The van der Waals surface area contributed by atoms with E-state index >= 15 is 0 Å². The van der Waals surface area contributed by atoms with Crippen LogP contribution >= 0.6 is 0 Å². The van der Waals surface area contributed by atoms with E-state index in [1.807, 2.05) is 18.3 Å². The van der Waals surface area contributed by atoms with Crippen molar-refractivity contribution in [2.75, 3.05) is 58.0 Å². The summed E-state index contributed by atoms with van der Waals surface area (Å²) in [5.41, 5.74) is 3.62. The van der Waals surface area contributed by atoms with Crippen molar-refractivity contribution in [3.05, 3.63) is 65.5 Å². The zero-order valence-corrected chi connectivity index (χ0v) is 24.9. The highest BCUT2D eigenvalue weighted by atomic mass is 16.5. The third-order valence-electron chi connectivity index (χ3n) is 9.14. The van der Waals surface area contributed by atoms with Gasteiger partial charge in [-0.2, -0.15) is 0 Å². The molecule has 7 rings (SSSR count). The van der Waals surface area contributed by atoms with Gasteiger partial charge < -0.3 is 24.0 Å². The zero-order valence-electron chi connectivity index (χ0n) is 24.9. The molecule has 4 aliphatic rings. The molecule has 3 atom stereocenters. The van der Waals surface area contributed by atoms with Gasteiger partial charge >= 0.3 is 0 Å². The molecule has 0 saturated carbocycles. The molecule has 44 heavy (non-hydrogen) atoms. The first-order chi connectivity index (χ1) is 21.4. The quantitative estimate of drug-likeness (QED) is 0.390. The predicted octanol–water partition coefficient (Wildman–Crippen LogP) is 2.36. The molecule has 5 heterocycles. The Morgan fingerprint density at radius 2 is 1.89 bits per heavy atom. The highest BCUT2D eigenvalue weighted by molar-refractivity contribution is 6.05. The molecule has 3 saturated heterocycles. The van der Waals surface area contributed by atoms with Gasteiger partial charge in [-0.15, -0.1) is 0 Å². The molecule has 1 N–H and O–H groups in total. The number of benzene rings is 2. The van der Waals surface area contributed by atoms with Crippen LogP contribution in [0.4, 0.5) is 5.69 Å². The van der Waals surface area contributed by atoms with Crippen LogP contribution in [0.2, 0.25) is 0 Å². The van der Waals surface area contributed by atoms with Gasteiger partial charge in [-0.1, -0.05) is 6.07 Å². The molecule has 0 unspecified atom stereocenters. The van der Waals surface area contributed by atoms with E-state index in [9.17, 15) is 14.4 Å². The van der Waals surface area contributed by atoms with Crippen LogP contribution in [0.25, 0.3) is 10.8 Å². The van der Waals surface area contributed by atoms with Gasteiger partial charge in [0.15, 0.2) is 0 Å². The van der Waals surface area contributed by atoms with Crippen molar-refractivity contribution >= 4 is 34.2 Å². The molecule has 230 valence electrons. The normalized spacial score (nSPS) is 24.2. The average Bonchev–Trinajstić information content (AvgIpc) is 3.56. The number of hydrogen-bond donors (Lipinski definition) is 1. The van der Waals surface area contributed by atoms with Gasteiger partial charge in [0.1, 0.15) is 17.9 Å². The number of piperidine rings is 1. The summed E-state index contributed by atoms with van der Waals surface area (Å²) < 4.78 is 17.6. The first-order valence-electron chi connectivity index (χ1n) is 15.3. The number of ether oxygens (including phenoxy) is 3. The van der Waals surface area contributed by atoms with Crippen LogP contribution in [0, 0.1) is 5.92 Å². The zero-order chi connectivity index (χ0) is 30.2. The second-order valence-corrected chi connectivity index (χ2v) is 12.1. The third kappa shape index (κ3) is 5.74. The fraction of sp³-hybridized carbons (Fsp3) is 0.455. The third-order valence-corrected chi connectivity index (χ3v) is 9.14. The van der Waals surface area contributed by atoms with Crippen molar-refractivity contribution in [2.45, 2.75) is 38.1 Å². The number of rotatable bonds is 8. The average molecular weight is 600 g/mol. The predicted molar refractivity (Wildman–Crippen MR) is 162 cm³/mol. The van der Waals surface area contributed by atoms with Crippen LogP contribution in [0.5, 0.6) is 5.75 Å². The summed E-state index contributed by atoms with van der Waals surface area (Å²) in [5, 5.41) is 4.65. The van der Waals surface area contributed by atoms with Gasteiger partial charge in [0.05, 0.1) is 25.5 Å². The van der Waals surface area contributed by atoms with E-state index in [1.54, 1.807) is 18.1 Å². The maximum atomic E-state index is 13.1. The lowest BCUT2D eigenvalue weighted by Gasteiger charge is -2.29. The fourth-order valence-corrected chi connectivity index (χ4v) is 6.87. The maximum absolute atomic E-state index is 13.1. The number of hydrogen-bond acceptors (Lipinski definition) is 9. The van der Waals surface area contributed by atoms with E-state index < -0.39 is 11.9 Å².